The maximum Gasteiger partial charge on any atom is 0.181 e. The van der Waals surface area contributed by atoms with Gasteiger partial charge in [0.25, 0.3) is 0 Å². The van der Waals surface area contributed by atoms with Crippen molar-refractivity contribution >= 4 is 5.69 Å². The van der Waals surface area contributed by atoms with Crippen molar-refractivity contribution < 1.29 is 4.74 Å². The number of aryl methyl sites for hydroxylation is 1. The summed E-state index contributed by atoms with van der Waals surface area (Å²) >= 11 is 0. The summed E-state index contributed by atoms with van der Waals surface area (Å²) in [6, 6.07) is 8.69. The SMILES string of the molecule is CCOC1CC(Nc2cccc(-c3nnnn3C)c2)C1. The number of ether oxygens (including phenoxy) is 1. The smallest absolute Gasteiger partial charge is 0.181 e. The first-order valence-electron chi connectivity index (χ1n) is 6.97. The third-order valence-corrected chi connectivity index (χ3v) is 3.61. The predicted molar refractivity (Wildman–Crippen MR) is 76.3 cm³/mol. The number of nitrogens with one attached hydrogen (secondary N) is 1. The topological polar surface area (TPSA) is 64.9 Å². The van der Waals surface area contributed by atoms with Crippen LogP contribution in [-0.2, 0) is 11.8 Å². The van der Waals surface area contributed by atoms with Gasteiger partial charge in [0, 0.05) is 30.9 Å². The van der Waals surface area contributed by atoms with Crippen LogP contribution in [0.4, 0.5) is 5.69 Å². The van der Waals surface area contributed by atoms with E-state index in [4.69, 9.17) is 4.74 Å². The first kappa shape index (κ1) is 13.1. The minimum absolute atomic E-state index is 0.420. The van der Waals surface area contributed by atoms with Crippen LogP contribution in [0.15, 0.2) is 24.3 Å². The van der Waals surface area contributed by atoms with Gasteiger partial charge in [-0.15, -0.1) is 5.10 Å². The fraction of sp³-hybridized carbons (Fsp3) is 0.500. The van der Waals surface area contributed by atoms with Crippen molar-refractivity contribution in [3.8, 4) is 11.4 Å². The molecule has 0 spiro atoms. The Morgan fingerprint density at radius 3 is 2.95 bits per heavy atom. The number of rotatable bonds is 5. The Morgan fingerprint density at radius 1 is 1.40 bits per heavy atom. The standard InChI is InChI=1S/C14H19N5O/c1-3-20-13-8-12(9-13)15-11-6-4-5-10(7-11)14-16-17-18-19(14)2/h4-7,12-13,15H,3,8-9H2,1-2H3. The Morgan fingerprint density at radius 2 is 2.25 bits per heavy atom. The van der Waals surface area contributed by atoms with Gasteiger partial charge >= 0.3 is 0 Å². The highest BCUT2D eigenvalue weighted by molar-refractivity contribution is 5.62. The molecule has 0 saturated heterocycles. The fourth-order valence-electron chi connectivity index (χ4n) is 2.51. The summed E-state index contributed by atoms with van der Waals surface area (Å²) in [7, 11) is 1.84. The maximum atomic E-state index is 5.57. The monoisotopic (exact) mass is 273 g/mol. The second-order valence-electron chi connectivity index (χ2n) is 5.10. The lowest BCUT2D eigenvalue weighted by molar-refractivity contribution is 0.00299. The molecule has 0 amide bonds. The van der Waals surface area contributed by atoms with E-state index >= 15 is 0 Å². The first-order valence-corrected chi connectivity index (χ1v) is 6.97. The number of aromatic nitrogens is 4. The molecule has 1 aliphatic rings. The van der Waals surface area contributed by atoms with Crippen LogP contribution in [-0.4, -0.2) is 39.0 Å². The minimum Gasteiger partial charge on any atom is -0.382 e. The van der Waals surface area contributed by atoms with Crippen LogP contribution in [0.25, 0.3) is 11.4 Å². The number of hydrogen-bond donors (Lipinski definition) is 1. The summed E-state index contributed by atoms with van der Waals surface area (Å²) in [5.41, 5.74) is 2.12. The van der Waals surface area contributed by atoms with Crippen LogP contribution < -0.4 is 5.32 Å². The van der Waals surface area contributed by atoms with E-state index in [9.17, 15) is 0 Å². The van der Waals surface area contributed by atoms with Gasteiger partial charge in [0.15, 0.2) is 5.82 Å². The molecule has 1 aromatic heterocycles. The van der Waals surface area contributed by atoms with Gasteiger partial charge in [-0.05, 0) is 42.3 Å². The number of benzene rings is 1. The Kier molecular flexibility index (Phi) is 3.64. The highest BCUT2D eigenvalue weighted by Crippen LogP contribution is 2.28. The number of tetrazole rings is 1. The normalized spacial score (nSPS) is 21.5. The van der Waals surface area contributed by atoms with Gasteiger partial charge in [0.05, 0.1) is 6.10 Å². The molecule has 6 nitrogen and oxygen atoms in total. The van der Waals surface area contributed by atoms with Gasteiger partial charge in [0.2, 0.25) is 0 Å². The average molecular weight is 273 g/mol. The molecule has 1 heterocycles. The summed E-state index contributed by atoms with van der Waals surface area (Å²) in [6.07, 6.45) is 2.57. The van der Waals surface area contributed by atoms with E-state index in [1.807, 2.05) is 26.1 Å². The molecule has 0 atom stereocenters. The second kappa shape index (κ2) is 5.58. The summed E-state index contributed by atoms with van der Waals surface area (Å²) < 4.78 is 7.25. The van der Waals surface area contributed by atoms with Crippen LogP contribution in [0.1, 0.15) is 19.8 Å². The summed E-state index contributed by atoms with van der Waals surface area (Å²) in [6.45, 7) is 2.84. The van der Waals surface area contributed by atoms with Gasteiger partial charge in [-0.2, -0.15) is 0 Å². The van der Waals surface area contributed by atoms with Crippen LogP contribution >= 0.6 is 0 Å². The average Bonchev–Trinajstić information content (AvgIpc) is 2.83. The number of anilines is 1. The van der Waals surface area contributed by atoms with Gasteiger partial charge in [-0.3, -0.25) is 0 Å². The Labute approximate surface area is 118 Å². The summed E-state index contributed by atoms with van der Waals surface area (Å²) in [5, 5.41) is 15.1. The molecule has 1 aromatic carbocycles. The molecule has 6 heteroatoms. The van der Waals surface area contributed by atoms with Crippen molar-refractivity contribution in [1.82, 2.24) is 20.2 Å². The molecule has 1 fully saturated rings. The molecule has 3 rings (SSSR count). The van der Waals surface area contributed by atoms with E-state index in [-0.39, 0.29) is 0 Å². The molecule has 2 aromatic rings. The molecule has 0 unspecified atom stereocenters. The summed E-state index contributed by atoms with van der Waals surface area (Å²) in [4.78, 5) is 0. The zero-order chi connectivity index (χ0) is 13.9. The van der Waals surface area contributed by atoms with Gasteiger partial charge in [0.1, 0.15) is 0 Å². The highest BCUT2D eigenvalue weighted by atomic mass is 16.5. The van der Waals surface area contributed by atoms with Gasteiger partial charge in [-0.1, -0.05) is 12.1 Å². The van der Waals surface area contributed by atoms with Crippen molar-refractivity contribution in [3.05, 3.63) is 24.3 Å². The van der Waals surface area contributed by atoms with Crippen molar-refractivity contribution in [2.75, 3.05) is 11.9 Å². The lowest BCUT2D eigenvalue weighted by Gasteiger charge is -2.36. The predicted octanol–water partition coefficient (Wildman–Crippen LogP) is 1.86. The molecular weight excluding hydrogens is 254 g/mol. The molecule has 1 N–H and O–H groups in total. The lowest BCUT2D eigenvalue weighted by Crippen LogP contribution is -2.40. The molecular formula is C14H19N5O. The zero-order valence-corrected chi connectivity index (χ0v) is 11.8. The molecule has 20 heavy (non-hydrogen) atoms. The van der Waals surface area contributed by atoms with Crippen molar-refractivity contribution in [2.24, 2.45) is 7.05 Å². The summed E-state index contributed by atoms with van der Waals surface area (Å²) in [5.74, 6) is 0.773. The second-order valence-corrected chi connectivity index (χ2v) is 5.10. The third-order valence-electron chi connectivity index (χ3n) is 3.61. The quantitative estimate of drug-likeness (QED) is 0.900. The Hall–Kier alpha value is -1.95. The van der Waals surface area contributed by atoms with E-state index in [2.05, 4.69) is 33.0 Å². The largest absolute Gasteiger partial charge is 0.382 e. The first-order chi connectivity index (χ1) is 9.76. The number of hydrogen-bond acceptors (Lipinski definition) is 5. The fourth-order valence-corrected chi connectivity index (χ4v) is 2.51. The van der Waals surface area contributed by atoms with Gasteiger partial charge < -0.3 is 10.1 Å². The van der Waals surface area contributed by atoms with Crippen molar-refractivity contribution in [3.63, 3.8) is 0 Å². The zero-order valence-electron chi connectivity index (χ0n) is 11.8. The van der Waals surface area contributed by atoms with Gasteiger partial charge in [-0.25, -0.2) is 4.68 Å². The van der Waals surface area contributed by atoms with Crippen LogP contribution in [0.3, 0.4) is 0 Å². The minimum atomic E-state index is 0.420. The molecule has 1 aliphatic carbocycles. The van der Waals surface area contributed by atoms with Crippen molar-refractivity contribution in [1.29, 1.82) is 0 Å². The van der Waals surface area contributed by atoms with E-state index in [0.717, 1.165) is 36.5 Å². The van der Waals surface area contributed by atoms with Crippen LogP contribution in [0, 0.1) is 0 Å². The molecule has 0 radical (unpaired) electrons. The molecule has 106 valence electrons. The molecule has 0 bridgehead atoms. The molecule has 1 saturated carbocycles. The van der Waals surface area contributed by atoms with E-state index < -0.39 is 0 Å². The van der Waals surface area contributed by atoms with E-state index in [1.54, 1.807) is 4.68 Å². The van der Waals surface area contributed by atoms with Crippen LogP contribution in [0.5, 0.6) is 0 Å². The van der Waals surface area contributed by atoms with Crippen molar-refractivity contribution in [2.45, 2.75) is 31.9 Å². The Bertz CT molecular complexity index is 576. The van der Waals surface area contributed by atoms with E-state index in [0.29, 0.717) is 12.1 Å². The number of nitrogens with zero attached hydrogens (tertiary/aromatic N) is 4. The molecule has 0 aliphatic heterocycles. The Balaban J connectivity index is 1.66. The maximum absolute atomic E-state index is 5.57. The third kappa shape index (κ3) is 2.65. The lowest BCUT2D eigenvalue weighted by atomic mass is 9.89. The van der Waals surface area contributed by atoms with E-state index in [1.165, 1.54) is 0 Å². The van der Waals surface area contributed by atoms with Crippen LogP contribution in [0.2, 0.25) is 0 Å². The highest BCUT2D eigenvalue weighted by Gasteiger charge is 2.29.